The van der Waals surface area contributed by atoms with Crippen LogP contribution in [-0.2, 0) is 13.1 Å². The molecule has 21 heavy (non-hydrogen) atoms. The number of fused-ring (bicyclic) bond motifs is 1. The van der Waals surface area contributed by atoms with Gasteiger partial charge in [0.1, 0.15) is 5.82 Å². The zero-order valence-electron chi connectivity index (χ0n) is 12.1. The fourth-order valence-electron chi connectivity index (χ4n) is 2.35. The molecule has 0 aliphatic heterocycles. The Morgan fingerprint density at radius 1 is 1.33 bits per heavy atom. The molecule has 0 atom stereocenters. The van der Waals surface area contributed by atoms with E-state index in [0.717, 1.165) is 22.6 Å². The number of nitrogens with one attached hydrogen (secondary N) is 2. The molecule has 0 aliphatic rings. The number of para-hydroxylation sites is 2. The van der Waals surface area contributed by atoms with Crippen molar-refractivity contribution in [2.45, 2.75) is 26.9 Å². The van der Waals surface area contributed by atoms with Crippen LogP contribution in [0.25, 0.3) is 11.0 Å². The van der Waals surface area contributed by atoms with Crippen molar-refractivity contribution in [1.82, 2.24) is 19.5 Å². The minimum Gasteiger partial charge on any atom is -0.358 e. The van der Waals surface area contributed by atoms with Gasteiger partial charge in [0, 0.05) is 18.4 Å². The van der Waals surface area contributed by atoms with E-state index in [4.69, 9.17) is 0 Å². The lowest BCUT2D eigenvalue weighted by atomic mass is 10.3. The normalized spacial score (nSPS) is 11.0. The summed E-state index contributed by atoms with van der Waals surface area (Å²) in [5, 5.41) is 3.07. The van der Waals surface area contributed by atoms with Crippen molar-refractivity contribution >= 4 is 16.9 Å². The summed E-state index contributed by atoms with van der Waals surface area (Å²) in [6.45, 7) is 4.94. The zero-order valence-corrected chi connectivity index (χ0v) is 12.1. The van der Waals surface area contributed by atoms with Gasteiger partial charge in [-0.1, -0.05) is 12.1 Å². The van der Waals surface area contributed by atoms with Crippen molar-refractivity contribution in [1.29, 1.82) is 0 Å². The highest BCUT2D eigenvalue weighted by molar-refractivity contribution is 5.76. The average Bonchev–Trinajstić information content (AvgIpc) is 2.91. The van der Waals surface area contributed by atoms with Crippen molar-refractivity contribution < 1.29 is 0 Å². The van der Waals surface area contributed by atoms with Gasteiger partial charge in [0.05, 0.1) is 17.6 Å². The molecule has 6 nitrogen and oxygen atoms in total. The molecule has 0 saturated heterocycles. The second-order valence-electron chi connectivity index (χ2n) is 4.86. The van der Waals surface area contributed by atoms with Gasteiger partial charge in [-0.05, 0) is 26.0 Å². The van der Waals surface area contributed by atoms with Crippen LogP contribution in [-0.4, -0.2) is 19.5 Å². The molecule has 108 valence electrons. The van der Waals surface area contributed by atoms with E-state index < -0.39 is 0 Å². The summed E-state index contributed by atoms with van der Waals surface area (Å²) in [5.74, 6) is 1.13. The van der Waals surface area contributed by atoms with E-state index >= 15 is 0 Å². The first-order valence-electron chi connectivity index (χ1n) is 6.93. The first kappa shape index (κ1) is 13.4. The third-order valence-corrected chi connectivity index (χ3v) is 3.35. The SMILES string of the molecule is CCn1c(=O)c(NCc2ncc(C)[nH]2)nc2ccccc21. The average molecular weight is 283 g/mol. The second-order valence-corrected chi connectivity index (χ2v) is 4.86. The molecule has 2 heterocycles. The van der Waals surface area contributed by atoms with Crippen LogP contribution in [0.2, 0.25) is 0 Å². The maximum Gasteiger partial charge on any atom is 0.293 e. The highest BCUT2D eigenvalue weighted by Crippen LogP contribution is 2.12. The van der Waals surface area contributed by atoms with E-state index in [1.807, 2.05) is 38.1 Å². The molecule has 6 heteroatoms. The summed E-state index contributed by atoms with van der Waals surface area (Å²) in [6, 6.07) is 7.64. The topological polar surface area (TPSA) is 75.6 Å². The van der Waals surface area contributed by atoms with Crippen LogP contribution in [0.4, 0.5) is 5.82 Å². The molecule has 2 N–H and O–H groups in total. The standard InChI is InChI=1S/C15H17N5O/c1-3-20-12-7-5-4-6-11(12)19-14(15(20)21)17-9-13-16-8-10(2)18-13/h4-8H,3,9H2,1-2H3,(H,16,18)(H,17,19). The quantitative estimate of drug-likeness (QED) is 0.768. The van der Waals surface area contributed by atoms with Crippen molar-refractivity contribution in [3.05, 3.63) is 52.3 Å². The Kier molecular flexibility index (Phi) is 3.43. The zero-order chi connectivity index (χ0) is 14.8. The minimum atomic E-state index is -0.112. The number of nitrogens with zero attached hydrogens (tertiary/aromatic N) is 3. The van der Waals surface area contributed by atoms with E-state index in [2.05, 4.69) is 20.3 Å². The second kappa shape index (κ2) is 5.40. The fraction of sp³-hybridized carbons (Fsp3) is 0.267. The van der Waals surface area contributed by atoms with Crippen LogP contribution in [0, 0.1) is 6.92 Å². The minimum absolute atomic E-state index is 0.112. The predicted molar refractivity (Wildman–Crippen MR) is 82.3 cm³/mol. The van der Waals surface area contributed by atoms with Gasteiger partial charge in [-0.25, -0.2) is 9.97 Å². The molecule has 0 spiro atoms. The van der Waals surface area contributed by atoms with Crippen molar-refractivity contribution in [3.63, 3.8) is 0 Å². The predicted octanol–water partition coefficient (Wildman–Crippen LogP) is 2.06. The molecular weight excluding hydrogens is 266 g/mol. The number of rotatable bonds is 4. The number of imidazole rings is 1. The molecular formula is C15H17N5O. The lowest BCUT2D eigenvalue weighted by Gasteiger charge is -2.10. The summed E-state index contributed by atoms with van der Waals surface area (Å²) in [7, 11) is 0. The third kappa shape index (κ3) is 2.52. The number of hydrogen-bond acceptors (Lipinski definition) is 4. The molecule has 0 bridgehead atoms. The van der Waals surface area contributed by atoms with Crippen LogP contribution in [0.15, 0.2) is 35.3 Å². The lowest BCUT2D eigenvalue weighted by molar-refractivity contribution is 0.753. The molecule has 3 aromatic rings. The Balaban J connectivity index is 1.98. The Labute approximate surface area is 121 Å². The van der Waals surface area contributed by atoms with Gasteiger partial charge in [0.25, 0.3) is 5.56 Å². The number of hydrogen-bond donors (Lipinski definition) is 2. The van der Waals surface area contributed by atoms with E-state index in [0.29, 0.717) is 18.9 Å². The summed E-state index contributed by atoms with van der Waals surface area (Å²) < 4.78 is 1.72. The van der Waals surface area contributed by atoms with E-state index in [1.165, 1.54) is 0 Å². The van der Waals surface area contributed by atoms with Gasteiger partial charge < -0.3 is 14.9 Å². The number of aryl methyl sites for hydroxylation is 2. The van der Waals surface area contributed by atoms with Crippen LogP contribution in [0.5, 0.6) is 0 Å². The highest BCUT2D eigenvalue weighted by Gasteiger charge is 2.09. The maximum atomic E-state index is 12.4. The Hall–Kier alpha value is -2.63. The molecule has 0 amide bonds. The summed E-state index contributed by atoms with van der Waals surface area (Å²) >= 11 is 0. The fourth-order valence-corrected chi connectivity index (χ4v) is 2.35. The lowest BCUT2D eigenvalue weighted by Crippen LogP contribution is -2.25. The van der Waals surface area contributed by atoms with Gasteiger partial charge in [0.15, 0.2) is 5.82 Å². The summed E-state index contributed by atoms with van der Waals surface area (Å²) in [6.07, 6.45) is 1.76. The largest absolute Gasteiger partial charge is 0.358 e. The number of aromatic nitrogens is 4. The van der Waals surface area contributed by atoms with Gasteiger partial charge in [-0.3, -0.25) is 4.79 Å². The highest BCUT2D eigenvalue weighted by atomic mass is 16.1. The van der Waals surface area contributed by atoms with Crippen LogP contribution >= 0.6 is 0 Å². The van der Waals surface area contributed by atoms with Gasteiger partial charge in [-0.2, -0.15) is 0 Å². The van der Waals surface area contributed by atoms with Crippen molar-refractivity contribution in [2.75, 3.05) is 5.32 Å². The maximum absolute atomic E-state index is 12.4. The van der Waals surface area contributed by atoms with Crippen LogP contribution < -0.4 is 10.9 Å². The molecule has 0 fully saturated rings. The molecule has 0 aliphatic carbocycles. The van der Waals surface area contributed by atoms with E-state index in [1.54, 1.807) is 10.8 Å². The molecule has 1 aromatic carbocycles. The van der Waals surface area contributed by atoms with Gasteiger partial charge in [0.2, 0.25) is 0 Å². The number of H-pyrrole nitrogens is 1. The Morgan fingerprint density at radius 3 is 2.86 bits per heavy atom. The van der Waals surface area contributed by atoms with Gasteiger partial charge in [-0.15, -0.1) is 0 Å². The van der Waals surface area contributed by atoms with Crippen molar-refractivity contribution in [3.8, 4) is 0 Å². The van der Waals surface area contributed by atoms with Crippen LogP contribution in [0.3, 0.4) is 0 Å². The van der Waals surface area contributed by atoms with Crippen molar-refractivity contribution in [2.24, 2.45) is 0 Å². The summed E-state index contributed by atoms with van der Waals surface area (Å²) in [5.41, 5.74) is 2.53. The Bertz CT molecular complexity index is 833. The number of benzene rings is 1. The Morgan fingerprint density at radius 2 is 2.14 bits per heavy atom. The monoisotopic (exact) mass is 283 g/mol. The number of aromatic amines is 1. The molecule has 2 aromatic heterocycles. The van der Waals surface area contributed by atoms with E-state index in [-0.39, 0.29) is 5.56 Å². The van der Waals surface area contributed by atoms with Crippen LogP contribution in [0.1, 0.15) is 18.4 Å². The molecule has 0 saturated carbocycles. The van der Waals surface area contributed by atoms with E-state index in [9.17, 15) is 4.79 Å². The molecule has 0 radical (unpaired) electrons. The van der Waals surface area contributed by atoms with Gasteiger partial charge >= 0.3 is 0 Å². The molecule has 3 rings (SSSR count). The third-order valence-electron chi connectivity index (χ3n) is 3.35. The molecule has 0 unspecified atom stereocenters. The summed E-state index contributed by atoms with van der Waals surface area (Å²) in [4.78, 5) is 24.2. The first-order valence-corrected chi connectivity index (χ1v) is 6.93. The smallest absolute Gasteiger partial charge is 0.293 e. The first-order chi connectivity index (χ1) is 10.2. The number of anilines is 1.